The van der Waals surface area contributed by atoms with E-state index in [0.29, 0.717) is 0 Å². The van der Waals surface area contributed by atoms with Gasteiger partial charge in [0.25, 0.3) is 0 Å². The Kier molecular flexibility index (Phi) is 3.74. The highest BCUT2D eigenvalue weighted by Crippen LogP contribution is 2.58. The van der Waals surface area contributed by atoms with Crippen molar-refractivity contribution in [2.75, 3.05) is 0 Å². The predicted octanol–water partition coefficient (Wildman–Crippen LogP) is 7.42. The molecule has 5 rings (SSSR count). The average Bonchev–Trinajstić information content (AvgIpc) is 3.00. The van der Waals surface area contributed by atoms with Gasteiger partial charge in [-0.25, -0.2) is 0 Å². The minimum Gasteiger partial charge on any atom is -0.0704 e. The summed E-state index contributed by atoms with van der Waals surface area (Å²) in [5.74, 6) is 0. The van der Waals surface area contributed by atoms with Gasteiger partial charge in [0, 0.05) is 10.8 Å². The number of allylic oxidation sites excluding steroid dienone is 4. The minimum absolute atomic E-state index is 0.0491. The molecule has 0 N–H and O–H groups in total. The molecule has 1 atom stereocenters. The van der Waals surface area contributed by atoms with Gasteiger partial charge in [-0.05, 0) is 45.4 Å². The lowest BCUT2D eigenvalue weighted by molar-refractivity contribution is 0.550. The lowest BCUT2D eigenvalue weighted by Gasteiger charge is -2.38. The lowest BCUT2D eigenvalue weighted by atomic mass is 9.65. The summed E-state index contributed by atoms with van der Waals surface area (Å²) in [4.78, 5) is 0. The molecular formula is C28H26. The van der Waals surface area contributed by atoms with Crippen LogP contribution in [-0.2, 0) is 6.42 Å². The third-order valence-corrected chi connectivity index (χ3v) is 6.38. The second-order valence-electron chi connectivity index (χ2n) is 9.05. The van der Waals surface area contributed by atoms with Crippen molar-refractivity contribution in [1.82, 2.24) is 0 Å². The SMILES string of the molecule is CC1(C)C=C(c2ccc(-c3ccccc3)cc2)C2(C)Cc3ccccc3C2=C1. The van der Waals surface area contributed by atoms with Crippen molar-refractivity contribution in [3.8, 4) is 11.1 Å². The molecule has 3 aromatic rings. The molecular weight excluding hydrogens is 336 g/mol. The van der Waals surface area contributed by atoms with Crippen LogP contribution in [0.25, 0.3) is 22.3 Å². The number of hydrogen-bond acceptors (Lipinski definition) is 0. The average molecular weight is 363 g/mol. The first-order valence-corrected chi connectivity index (χ1v) is 10.2. The van der Waals surface area contributed by atoms with Crippen molar-refractivity contribution < 1.29 is 0 Å². The highest BCUT2D eigenvalue weighted by molar-refractivity contribution is 5.93. The summed E-state index contributed by atoms with van der Waals surface area (Å²) in [6.45, 7) is 7.06. The van der Waals surface area contributed by atoms with E-state index >= 15 is 0 Å². The summed E-state index contributed by atoms with van der Waals surface area (Å²) in [5, 5.41) is 0. The molecule has 0 bridgehead atoms. The molecule has 0 radical (unpaired) electrons. The fourth-order valence-electron chi connectivity index (χ4n) is 5.01. The minimum atomic E-state index is 0.0491. The van der Waals surface area contributed by atoms with Crippen LogP contribution in [-0.4, -0.2) is 0 Å². The van der Waals surface area contributed by atoms with E-state index in [-0.39, 0.29) is 10.8 Å². The number of benzene rings is 3. The fourth-order valence-corrected chi connectivity index (χ4v) is 5.01. The highest BCUT2D eigenvalue weighted by atomic mass is 14.5. The van der Waals surface area contributed by atoms with Crippen LogP contribution < -0.4 is 0 Å². The van der Waals surface area contributed by atoms with Crippen LogP contribution >= 0.6 is 0 Å². The Morgan fingerprint density at radius 2 is 1.14 bits per heavy atom. The van der Waals surface area contributed by atoms with Crippen molar-refractivity contribution in [2.45, 2.75) is 27.2 Å². The molecule has 0 fully saturated rings. The summed E-state index contributed by atoms with van der Waals surface area (Å²) in [7, 11) is 0. The van der Waals surface area contributed by atoms with Gasteiger partial charge in [0.2, 0.25) is 0 Å². The Hall–Kier alpha value is -2.86. The van der Waals surface area contributed by atoms with Gasteiger partial charge in [-0.3, -0.25) is 0 Å². The number of rotatable bonds is 2. The first-order chi connectivity index (χ1) is 13.5. The number of fused-ring (bicyclic) bond motifs is 3. The number of hydrogen-bond donors (Lipinski definition) is 0. The van der Waals surface area contributed by atoms with Crippen LogP contribution in [0.4, 0.5) is 0 Å². The zero-order chi connectivity index (χ0) is 19.4. The van der Waals surface area contributed by atoms with Crippen molar-refractivity contribution in [3.05, 3.63) is 108 Å². The monoisotopic (exact) mass is 362 g/mol. The van der Waals surface area contributed by atoms with Crippen molar-refractivity contribution in [3.63, 3.8) is 0 Å². The van der Waals surface area contributed by atoms with Gasteiger partial charge < -0.3 is 0 Å². The molecule has 0 saturated heterocycles. The van der Waals surface area contributed by atoms with E-state index < -0.39 is 0 Å². The first-order valence-electron chi connectivity index (χ1n) is 10.2. The van der Waals surface area contributed by atoms with E-state index in [4.69, 9.17) is 0 Å². The smallest absolute Gasteiger partial charge is 0.0221 e. The fraction of sp³-hybridized carbons (Fsp3) is 0.214. The maximum atomic E-state index is 2.49. The van der Waals surface area contributed by atoms with E-state index in [1.54, 1.807) is 0 Å². The van der Waals surface area contributed by atoms with Crippen LogP contribution in [0.3, 0.4) is 0 Å². The molecule has 0 amide bonds. The molecule has 0 nitrogen and oxygen atoms in total. The molecule has 0 saturated carbocycles. The molecule has 3 aromatic carbocycles. The molecule has 0 aromatic heterocycles. The van der Waals surface area contributed by atoms with Crippen LogP contribution in [0.15, 0.2) is 91.0 Å². The predicted molar refractivity (Wildman–Crippen MR) is 120 cm³/mol. The van der Waals surface area contributed by atoms with Crippen LogP contribution in [0.2, 0.25) is 0 Å². The third kappa shape index (κ3) is 2.67. The Morgan fingerprint density at radius 3 is 1.89 bits per heavy atom. The van der Waals surface area contributed by atoms with Gasteiger partial charge in [-0.1, -0.05) is 112 Å². The van der Waals surface area contributed by atoms with Gasteiger partial charge in [-0.15, -0.1) is 0 Å². The Morgan fingerprint density at radius 1 is 0.571 bits per heavy atom. The van der Waals surface area contributed by atoms with Crippen molar-refractivity contribution in [2.24, 2.45) is 10.8 Å². The standard InChI is InChI=1S/C28H26/c1-27(2)18-25(22-15-13-21(14-16-22)20-9-5-4-6-10-20)28(3)17-23-11-7-8-12-24(23)26(28)19-27/h4-16,18-19H,17H2,1-3H3. The summed E-state index contributed by atoms with van der Waals surface area (Å²) in [5.41, 5.74) is 9.86. The van der Waals surface area contributed by atoms with Crippen molar-refractivity contribution >= 4 is 11.1 Å². The summed E-state index contributed by atoms with van der Waals surface area (Å²) >= 11 is 0. The second-order valence-corrected chi connectivity index (χ2v) is 9.05. The molecule has 2 aliphatic carbocycles. The quantitative estimate of drug-likeness (QED) is 0.445. The molecule has 28 heavy (non-hydrogen) atoms. The van der Waals surface area contributed by atoms with E-state index in [0.717, 1.165) is 6.42 Å². The van der Waals surface area contributed by atoms with E-state index in [2.05, 4.69) is 112 Å². The molecule has 2 aliphatic rings. The molecule has 1 unspecified atom stereocenters. The van der Waals surface area contributed by atoms with Crippen LogP contribution in [0.5, 0.6) is 0 Å². The maximum Gasteiger partial charge on any atom is 0.0221 e. The third-order valence-electron chi connectivity index (χ3n) is 6.38. The van der Waals surface area contributed by atoms with Crippen molar-refractivity contribution in [1.29, 1.82) is 0 Å². The molecule has 0 heterocycles. The van der Waals surface area contributed by atoms with E-state index in [1.807, 2.05) is 0 Å². The normalized spacial score (nSPS) is 22.1. The van der Waals surface area contributed by atoms with Crippen LogP contribution in [0, 0.1) is 10.8 Å². The molecule has 0 spiro atoms. The first kappa shape index (κ1) is 17.3. The van der Waals surface area contributed by atoms with Crippen LogP contribution in [0.1, 0.15) is 37.5 Å². The molecule has 0 aliphatic heterocycles. The summed E-state index contributed by atoms with van der Waals surface area (Å²) in [6.07, 6.45) is 6.05. The molecule has 138 valence electrons. The summed E-state index contributed by atoms with van der Waals surface area (Å²) in [6, 6.07) is 28.7. The lowest BCUT2D eigenvalue weighted by Crippen LogP contribution is -2.25. The van der Waals surface area contributed by atoms with Gasteiger partial charge >= 0.3 is 0 Å². The van der Waals surface area contributed by atoms with E-state index in [1.165, 1.54) is 39.0 Å². The maximum absolute atomic E-state index is 2.49. The topological polar surface area (TPSA) is 0 Å². The van der Waals surface area contributed by atoms with E-state index in [9.17, 15) is 0 Å². The zero-order valence-electron chi connectivity index (χ0n) is 16.9. The molecule has 0 heteroatoms. The second kappa shape index (κ2) is 6.07. The van der Waals surface area contributed by atoms with Gasteiger partial charge in [-0.2, -0.15) is 0 Å². The summed E-state index contributed by atoms with van der Waals surface area (Å²) < 4.78 is 0. The van der Waals surface area contributed by atoms with Gasteiger partial charge in [0.05, 0.1) is 0 Å². The Labute approximate surface area is 168 Å². The Balaban J connectivity index is 1.60. The Bertz CT molecular complexity index is 1090. The largest absolute Gasteiger partial charge is 0.0704 e. The van der Waals surface area contributed by atoms with Gasteiger partial charge in [0.1, 0.15) is 0 Å². The van der Waals surface area contributed by atoms with Gasteiger partial charge in [0.15, 0.2) is 0 Å². The zero-order valence-corrected chi connectivity index (χ0v) is 16.9. The highest BCUT2D eigenvalue weighted by Gasteiger charge is 2.44.